The van der Waals surface area contributed by atoms with Crippen molar-refractivity contribution in [3.05, 3.63) is 41.1 Å². The summed E-state index contributed by atoms with van der Waals surface area (Å²) in [7, 11) is 4.19. The van der Waals surface area contributed by atoms with Crippen molar-refractivity contribution in [2.75, 3.05) is 42.7 Å². The Labute approximate surface area is 204 Å². The maximum atomic E-state index is 12.0. The Morgan fingerprint density at radius 3 is 2.59 bits per heavy atom. The molecule has 0 radical (unpaired) electrons. The molecule has 1 saturated heterocycles. The molecule has 0 atom stereocenters. The molecule has 1 aromatic carbocycles. The molecule has 2 aromatic rings. The van der Waals surface area contributed by atoms with Crippen molar-refractivity contribution in [3.63, 3.8) is 0 Å². The lowest BCUT2D eigenvalue weighted by Crippen LogP contribution is -2.42. The van der Waals surface area contributed by atoms with Gasteiger partial charge in [0.25, 0.3) is 0 Å². The molecule has 2 aliphatic rings. The van der Waals surface area contributed by atoms with Crippen LogP contribution in [0.15, 0.2) is 24.9 Å². The molecule has 1 aliphatic carbocycles. The minimum atomic E-state index is -0.625. The number of nitrogens with two attached hydrogens (primary N) is 1. The van der Waals surface area contributed by atoms with Crippen LogP contribution < -0.4 is 21.3 Å². The lowest BCUT2D eigenvalue weighted by atomic mass is 10.00. The molecule has 0 unspecified atom stereocenters. The number of nitrogens with one attached hydrogen (secondary N) is 2. The van der Waals surface area contributed by atoms with Crippen LogP contribution in [0.4, 0.5) is 23.1 Å². The number of carbonyl (C=O) groups excluding carboxylic acids is 1. The minimum Gasteiger partial charge on any atom is -0.370 e. The van der Waals surface area contributed by atoms with Gasteiger partial charge in [0.2, 0.25) is 11.9 Å². The van der Waals surface area contributed by atoms with Crippen LogP contribution >= 0.6 is 11.6 Å². The van der Waals surface area contributed by atoms with Crippen LogP contribution in [0.25, 0.3) is 5.57 Å². The number of piperidine rings is 1. The summed E-state index contributed by atoms with van der Waals surface area (Å²) in [4.78, 5) is 25.2. The Kier molecular flexibility index (Phi) is 6.91. The molecule has 4 rings (SSSR count). The average molecular weight is 481 g/mol. The summed E-state index contributed by atoms with van der Waals surface area (Å²) < 4.78 is 0. The van der Waals surface area contributed by atoms with E-state index in [9.17, 15) is 10.1 Å². The van der Waals surface area contributed by atoms with Crippen LogP contribution in [0.5, 0.6) is 0 Å². The first-order chi connectivity index (χ1) is 16.3. The zero-order valence-electron chi connectivity index (χ0n) is 19.4. The van der Waals surface area contributed by atoms with Gasteiger partial charge in [-0.2, -0.15) is 10.2 Å². The predicted molar refractivity (Wildman–Crippen MR) is 135 cm³/mol. The molecule has 0 bridgehead atoms. The summed E-state index contributed by atoms with van der Waals surface area (Å²) in [5, 5.41) is 16.3. The molecular formula is C24H29ClN8O. The van der Waals surface area contributed by atoms with Gasteiger partial charge < -0.3 is 26.2 Å². The molecule has 1 aromatic heterocycles. The fraction of sp³-hybridized carbons (Fsp3) is 0.417. The second-order valence-electron chi connectivity index (χ2n) is 8.99. The van der Waals surface area contributed by atoms with E-state index in [0.29, 0.717) is 39.7 Å². The summed E-state index contributed by atoms with van der Waals surface area (Å²) in [5.41, 5.74) is 7.99. The number of hydrogen-bond donors (Lipinski definition) is 3. The van der Waals surface area contributed by atoms with Crippen LogP contribution in [0.1, 0.15) is 36.8 Å². The number of carbonyl (C=O) groups is 1. The lowest BCUT2D eigenvalue weighted by molar-refractivity contribution is -0.112. The summed E-state index contributed by atoms with van der Waals surface area (Å²) in [6.45, 7) is 5.60. The number of nitriles is 1. The summed E-state index contributed by atoms with van der Waals surface area (Å²) in [6.07, 6.45) is 5.59. The van der Waals surface area contributed by atoms with Crippen molar-refractivity contribution in [1.82, 2.24) is 14.9 Å². The van der Waals surface area contributed by atoms with Gasteiger partial charge in [-0.1, -0.05) is 18.2 Å². The van der Waals surface area contributed by atoms with Crippen LogP contribution in [0.2, 0.25) is 5.02 Å². The third-order valence-electron chi connectivity index (χ3n) is 6.32. The molecule has 9 nitrogen and oxygen atoms in total. The Hall–Kier alpha value is -3.35. The fourth-order valence-corrected chi connectivity index (χ4v) is 4.37. The van der Waals surface area contributed by atoms with E-state index in [4.69, 9.17) is 17.3 Å². The first-order valence-corrected chi connectivity index (χ1v) is 11.7. The number of amides is 1. The van der Waals surface area contributed by atoms with Crippen molar-refractivity contribution in [2.24, 2.45) is 5.73 Å². The number of benzene rings is 1. The highest BCUT2D eigenvalue weighted by Crippen LogP contribution is 2.37. The number of hydrogen-bond acceptors (Lipinski definition) is 8. The van der Waals surface area contributed by atoms with E-state index in [1.165, 1.54) is 6.20 Å². The number of rotatable bonds is 8. The molecule has 2 fully saturated rings. The number of aromatic nitrogens is 2. The van der Waals surface area contributed by atoms with E-state index in [-0.39, 0.29) is 11.5 Å². The van der Waals surface area contributed by atoms with Gasteiger partial charge in [-0.05, 0) is 51.9 Å². The Morgan fingerprint density at radius 2 is 2.00 bits per heavy atom. The molecule has 1 amide bonds. The van der Waals surface area contributed by atoms with E-state index in [1.54, 1.807) is 6.07 Å². The largest absolute Gasteiger partial charge is 0.370 e. The second kappa shape index (κ2) is 9.87. The van der Waals surface area contributed by atoms with Crippen LogP contribution in [-0.4, -0.2) is 60.0 Å². The van der Waals surface area contributed by atoms with Crippen molar-refractivity contribution in [2.45, 2.75) is 37.8 Å². The Morgan fingerprint density at radius 1 is 1.29 bits per heavy atom. The topological polar surface area (TPSA) is 123 Å². The van der Waals surface area contributed by atoms with Gasteiger partial charge in [-0.3, -0.25) is 4.79 Å². The third kappa shape index (κ3) is 5.24. The van der Waals surface area contributed by atoms with Gasteiger partial charge in [0.05, 0.1) is 22.6 Å². The monoisotopic (exact) mass is 480 g/mol. The van der Waals surface area contributed by atoms with Crippen LogP contribution in [-0.2, 0) is 4.79 Å². The van der Waals surface area contributed by atoms with Gasteiger partial charge in [0.1, 0.15) is 17.5 Å². The van der Waals surface area contributed by atoms with Gasteiger partial charge in [-0.25, -0.2) is 4.98 Å². The van der Waals surface area contributed by atoms with Crippen molar-refractivity contribution < 1.29 is 4.79 Å². The maximum Gasteiger partial charge on any atom is 0.248 e. The number of halogens is 1. The Bertz CT molecular complexity index is 1150. The van der Waals surface area contributed by atoms with E-state index < -0.39 is 5.91 Å². The van der Waals surface area contributed by atoms with Crippen molar-refractivity contribution in [3.8, 4) is 6.07 Å². The van der Waals surface area contributed by atoms with E-state index >= 15 is 0 Å². The molecule has 178 valence electrons. The highest BCUT2D eigenvalue weighted by Gasteiger charge is 2.25. The average Bonchev–Trinajstić information content (AvgIpc) is 3.63. The number of primary amides is 1. The zero-order valence-corrected chi connectivity index (χ0v) is 20.2. The molecule has 1 aliphatic heterocycles. The minimum absolute atomic E-state index is 0.161. The standard InChI is InChI=1S/C24H29ClN8O/c1-14(22(27)34)18-10-21(33-8-6-17(7-9-33)32(2)3)19(25)11-20(18)30-24-28-13-15(12-26)23(31-24)29-16-4-5-16/h10-11,13,16-17H,1,4-9H2,2-3H3,(H2,27,34)(H2,28,29,30,31). The molecule has 1 saturated carbocycles. The second-order valence-corrected chi connectivity index (χ2v) is 9.39. The normalized spacial score (nSPS) is 16.3. The molecule has 0 spiro atoms. The Balaban J connectivity index is 1.65. The number of anilines is 4. The summed E-state index contributed by atoms with van der Waals surface area (Å²) >= 11 is 6.71. The van der Waals surface area contributed by atoms with Gasteiger partial charge in [0.15, 0.2) is 0 Å². The van der Waals surface area contributed by atoms with Crippen molar-refractivity contribution >= 4 is 46.2 Å². The predicted octanol–water partition coefficient (Wildman–Crippen LogP) is 3.35. The van der Waals surface area contributed by atoms with Gasteiger partial charge in [-0.15, -0.1) is 0 Å². The summed E-state index contributed by atoms with van der Waals surface area (Å²) in [6, 6.07) is 6.55. The molecule has 4 N–H and O–H groups in total. The van der Waals surface area contributed by atoms with E-state index in [0.717, 1.165) is 44.5 Å². The highest BCUT2D eigenvalue weighted by atomic mass is 35.5. The smallest absolute Gasteiger partial charge is 0.248 e. The van der Waals surface area contributed by atoms with Gasteiger partial charge >= 0.3 is 0 Å². The fourth-order valence-electron chi connectivity index (χ4n) is 4.09. The van der Waals surface area contributed by atoms with Gasteiger partial charge in [0, 0.05) is 36.3 Å². The third-order valence-corrected chi connectivity index (χ3v) is 6.62. The first-order valence-electron chi connectivity index (χ1n) is 11.3. The molecule has 2 heterocycles. The lowest BCUT2D eigenvalue weighted by Gasteiger charge is -2.37. The molecule has 10 heteroatoms. The van der Waals surface area contributed by atoms with E-state index in [2.05, 4.69) is 57.1 Å². The molecular weight excluding hydrogens is 452 g/mol. The summed E-state index contributed by atoms with van der Waals surface area (Å²) in [5.74, 6) is 0.125. The van der Waals surface area contributed by atoms with E-state index in [1.807, 2.05) is 6.07 Å². The van der Waals surface area contributed by atoms with Crippen LogP contribution in [0.3, 0.4) is 0 Å². The quantitative estimate of drug-likeness (QED) is 0.491. The van der Waals surface area contributed by atoms with Crippen molar-refractivity contribution in [1.29, 1.82) is 5.26 Å². The number of nitrogens with zero attached hydrogens (tertiary/aromatic N) is 5. The maximum absolute atomic E-state index is 12.0. The van der Waals surface area contributed by atoms with Crippen LogP contribution in [0, 0.1) is 11.3 Å². The highest BCUT2D eigenvalue weighted by molar-refractivity contribution is 6.34. The zero-order chi connectivity index (χ0) is 24.4. The molecule has 34 heavy (non-hydrogen) atoms. The SMILES string of the molecule is C=C(C(N)=O)c1cc(N2CCC(N(C)C)CC2)c(Cl)cc1Nc1ncc(C#N)c(NC2CC2)n1. The first kappa shape index (κ1) is 23.8.